The van der Waals surface area contributed by atoms with Crippen LogP contribution in [0.3, 0.4) is 0 Å². The first-order valence-electron chi connectivity index (χ1n) is 11.8. The van der Waals surface area contributed by atoms with Gasteiger partial charge in [0.25, 0.3) is 0 Å². The number of ether oxygens (including phenoxy) is 1. The molecule has 6 nitrogen and oxygen atoms in total. The number of nitrogens with zero attached hydrogens (tertiary/aromatic N) is 1. The molecule has 164 valence electrons. The summed E-state index contributed by atoms with van der Waals surface area (Å²) < 4.78 is 6.02. The van der Waals surface area contributed by atoms with Crippen molar-refractivity contribution in [2.24, 2.45) is 39.9 Å². The van der Waals surface area contributed by atoms with Gasteiger partial charge in [-0.2, -0.15) is 0 Å². The number of rotatable bonds is 2. The highest BCUT2D eigenvalue weighted by Gasteiger charge is 2.94. The number of hydrogen-bond acceptors (Lipinski definition) is 6. The van der Waals surface area contributed by atoms with Gasteiger partial charge in [-0.25, -0.2) is 0 Å². The van der Waals surface area contributed by atoms with Crippen LogP contribution in [0.2, 0.25) is 0 Å². The third-order valence-electron chi connectivity index (χ3n) is 11.0. The summed E-state index contributed by atoms with van der Waals surface area (Å²) in [5.74, 6) is -0.476. The molecule has 1 unspecified atom stereocenters. The summed E-state index contributed by atoms with van der Waals surface area (Å²) in [6.45, 7) is 11.1. The molecule has 0 aromatic heterocycles. The summed E-state index contributed by atoms with van der Waals surface area (Å²) in [6.07, 6.45) is 1.24. The van der Waals surface area contributed by atoms with Crippen LogP contribution in [-0.4, -0.2) is 68.7 Å². The second-order valence-corrected chi connectivity index (χ2v) is 12.5. The number of carbonyl (C=O) groups excluding carboxylic acids is 1. The predicted molar refractivity (Wildman–Crippen MR) is 107 cm³/mol. The van der Waals surface area contributed by atoms with Crippen LogP contribution in [0.5, 0.6) is 0 Å². The van der Waals surface area contributed by atoms with Crippen molar-refractivity contribution in [3.63, 3.8) is 0 Å². The van der Waals surface area contributed by atoms with E-state index in [9.17, 15) is 20.1 Å². The van der Waals surface area contributed by atoms with E-state index < -0.39 is 29.1 Å². The van der Waals surface area contributed by atoms with Crippen LogP contribution in [0.25, 0.3) is 0 Å². The van der Waals surface area contributed by atoms with Crippen molar-refractivity contribution in [2.45, 2.75) is 82.5 Å². The predicted octanol–water partition coefficient (Wildman–Crippen LogP) is 1.09. The van der Waals surface area contributed by atoms with Crippen molar-refractivity contribution >= 4 is 5.97 Å². The van der Waals surface area contributed by atoms with Crippen molar-refractivity contribution in [1.82, 2.24) is 4.90 Å². The minimum atomic E-state index is -1.21. The van der Waals surface area contributed by atoms with Gasteiger partial charge in [-0.1, -0.05) is 32.9 Å². The molecule has 6 heteroatoms. The number of aliphatic hydroxyl groups excluding tert-OH is 2. The largest absolute Gasteiger partial charge is 0.462 e. The molecule has 3 saturated heterocycles. The van der Waals surface area contributed by atoms with Crippen LogP contribution in [-0.2, 0) is 9.53 Å². The molecule has 2 spiro atoms. The smallest absolute Gasteiger partial charge is 0.308 e. The monoisotopic (exact) mass is 415 g/mol. The van der Waals surface area contributed by atoms with E-state index in [0.717, 1.165) is 25.0 Å². The molecule has 0 aromatic carbocycles. The van der Waals surface area contributed by atoms with Gasteiger partial charge in [0.1, 0.15) is 11.7 Å². The summed E-state index contributed by atoms with van der Waals surface area (Å²) in [4.78, 5) is 15.0. The minimum absolute atomic E-state index is 0.0116. The molecule has 6 aliphatic carbocycles. The third kappa shape index (κ3) is 1.49. The molecule has 13 atom stereocenters. The zero-order chi connectivity index (χ0) is 21.2. The van der Waals surface area contributed by atoms with Crippen LogP contribution in [0.1, 0.15) is 46.5 Å². The Morgan fingerprint density at radius 3 is 2.67 bits per heavy atom. The van der Waals surface area contributed by atoms with Crippen molar-refractivity contribution in [2.75, 3.05) is 6.54 Å². The van der Waals surface area contributed by atoms with E-state index in [1.807, 2.05) is 13.8 Å². The lowest BCUT2D eigenvalue weighted by Gasteiger charge is -2.67. The second-order valence-electron chi connectivity index (χ2n) is 12.5. The topological polar surface area (TPSA) is 90.2 Å². The summed E-state index contributed by atoms with van der Waals surface area (Å²) in [5.41, 5.74) is -1.11. The Kier molecular flexibility index (Phi) is 3.01. The second kappa shape index (κ2) is 4.85. The maximum Gasteiger partial charge on any atom is 0.308 e. The lowest BCUT2D eigenvalue weighted by Crippen LogP contribution is -2.76. The number of carbonyl (C=O) groups is 1. The summed E-state index contributed by atoms with van der Waals surface area (Å²) in [5, 5.41) is 35.3. The van der Waals surface area contributed by atoms with Crippen LogP contribution < -0.4 is 0 Å². The average Bonchev–Trinajstić information content (AvgIpc) is 3.05. The summed E-state index contributed by atoms with van der Waals surface area (Å²) in [6, 6.07) is 0.232. The van der Waals surface area contributed by atoms with E-state index >= 15 is 0 Å². The molecule has 9 rings (SSSR count). The molecule has 3 heterocycles. The number of piperidine rings is 2. The zero-order valence-electron chi connectivity index (χ0n) is 18.0. The van der Waals surface area contributed by atoms with Crippen LogP contribution >= 0.6 is 0 Å². The minimum Gasteiger partial charge on any atom is -0.462 e. The average molecular weight is 416 g/mol. The zero-order valence-corrected chi connectivity index (χ0v) is 18.0. The fourth-order valence-corrected chi connectivity index (χ4v) is 11.0. The summed E-state index contributed by atoms with van der Waals surface area (Å²) in [7, 11) is 0. The van der Waals surface area contributed by atoms with Gasteiger partial charge in [-0.15, -0.1) is 0 Å². The van der Waals surface area contributed by atoms with Crippen LogP contribution in [0, 0.1) is 39.9 Å². The van der Waals surface area contributed by atoms with Gasteiger partial charge in [0.2, 0.25) is 0 Å². The van der Waals surface area contributed by atoms with Crippen molar-refractivity contribution in [3.8, 4) is 0 Å². The maximum absolute atomic E-state index is 12.5. The standard InChI is InChI=1S/C24H33NO5/c1-10(2)19(28)30-12-6-21(4)9-25-13-8-22-5-11(3)14-15(26)17(22)23(7-12,16(13)21)20(25)24(22,29)18(14)27/h10,12-18,20,26-27,29H,3,5-9H2,1-2,4H3/t12-,13-,14+,15+,16+,17+,18-,20-,21-,22+,23-,24-/m0/s1. The lowest BCUT2D eigenvalue weighted by atomic mass is 9.39. The van der Waals surface area contributed by atoms with Gasteiger partial charge < -0.3 is 20.1 Å². The Morgan fingerprint density at radius 2 is 1.97 bits per heavy atom. The SMILES string of the molecule is C=C1C[C@@]23C[C@H]4[C@@H]5[C@@]6(C)C[C@H](OC(=O)C(C)C)C[C@@]57[C@@H]2[C@H](O)[C@@H]1[C@H](O)[C@]3(O)[C@H]7N4C6. The third-order valence-corrected chi connectivity index (χ3v) is 11.0. The molecule has 9 bridgehead atoms. The van der Waals surface area contributed by atoms with Gasteiger partial charge in [0.05, 0.1) is 18.1 Å². The fraction of sp³-hybridized carbons (Fsp3) is 0.875. The first-order valence-corrected chi connectivity index (χ1v) is 11.8. The van der Waals surface area contributed by atoms with Crippen molar-refractivity contribution in [3.05, 3.63) is 12.2 Å². The van der Waals surface area contributed by atoms with Gasteiger partial charge in [-0.05, 0) is 37.0 Å². The molecule has 3 aliphatic heterocycles. The number of fused-ring (bicyclic) bond motifs is 1. The molecule has 6 saturated carbocycles. The van der Waals surface area contributed by atoms with Gasteiger partial charge in [0.15, 0.2) is 0 Å². The first-order chi connectivity index (χ1) is 14.0. The number of hydrogen-bond donors (Lipinski definition) is 3. The molecule has 30 heavy (non-hydrogen) atoms. The van der Waals surface area contributed by atoms with E-state index in [4.69, 9.17) is 4.74 Å². The molecular weight excluding hydrogens is 382 g/mol. The molecular formula is C24H33NO5. The highest BCUT2D eigenvalue weighted by molar-refractivity contribution is 5.71. The highest BCUT2D eigenvalue weighted by Crippen LogP contribution is 2.88. The fourth-order valence-electron chi connectivity index (χ4n) is 11.0. The van der Waals surface area contributed by atoms with Crippen LogP contribution in [0.15, 0.2) is 12.2 Å². The normalized spacial score (nSPS) is 65.7. The number of aliphatic hydroxyl groups is 3. The van der Waals surface area contributed by atoms with E-state index in [1.165, 1.54) is 0 Å². The molecule has 9 aliphatic rings. The Labute approximate surface area is 177 Å². The molecule has 0 radical (unpaired) electrons. The van der Waals surface area contributed by atoms with E-state index in [0.29, 0.717) is 24.8 Å². The lowest BCUT2D eigenvalue weighted by molar-refractivity contribution is -0.280. The van der Waals surface area contributed by atoms with Gasteiger partial charge in [0, 0.05) is 41.3 Å². The Morgan fingerprint density at radius 1 is 1.23 bits per heavy atom. The van der Waals surface area contributed by atoms with E-state index in [-0.39, 0.29) is 40.8 Å². The quantitative estimate of drug-likeness (QED) is 0.462. The Hall–Kier alpha value is -0.950. The van der Waals surface area contributed by atoms with E-state index in [1.54, 1.807) is 0 Å². The van der Waals surface area contributed by atoms with Crippen molar-refractivity contribution in [1.29, 1.82) is 0 Å². The first kappa shape index (κ1) is 18.6. The maximum atomic E-state index is 12.5. The Bertz CT molecular complexity index is 904. The van der Waals surface area contributed by atoms with Crippen LogP contribution in [0.4, 0.5) is 0 Å². The van der Waals surface area contributed by atoms with Gasteiger partial charge in [-0.3, -0.25) is 9.69 Å². The molecule has 9 fully saturated rings. The number of esters is 1. The molecule has 3 N–H and O–H groups in total. The molecule has 0 aromatic rings. The van der Waals surface area contributed by atoms with E-state index in [2.05, 4.69) is 18.4 Å². The Balaban J connectivity index is 1.42. The highest BCUT2D eigenvalue weighted by atomic mass is 16.5. The molecule has 0 amide bonds. The van der Waals surface area contributed by atoms with Crippen molar-refractivity contribution < 1.29 is 24.9 Å². The summed E-state index contributed by atoms with van der Waals surface area (Å²) >= 11 is 0. The van der Waals surface area contributed by atoms with Gasteiger partial charge >= 0.3 is 5.97 Å².